The van der Waals surface area contributed by atoms with Gasteiger partial charge in [0.2, 0.25) is 10.0 Å². The molecule has 0 saturated heterocycles. The lowest BCUT2D eigenvalue weighted by Gasteiger charge is -2.20. The zero-order valence-electron chi connectivity index (χ0n) is 19.4. The predicted octanol–water partition coefficient (Wildman–Crippen LogP) is 5.84. The molecule has 0 atom stereocenters. The van der Waals surface area contributed by atoms with Gasteiger partial charge in [0.05, 0.1) is 26.7 Å². The van der Waals surface area contributed by atoms with Crippen LogP contribution in [0.3, 0.4) is 0 Å². The number of carbonyl (C=O) groups excluding carboxylic acids is 2. The van der Waals surface area contributed by atoms with Crippen molar-refractivity contribution in [3.63, 3.8) is 0 Å². The summed E-state index contributed by atoms with van der Waals surface area (Å²) in [6, 6.07) is 15.7. The Morgan fingerprint density at radius 1 is 0.857 bits per heavy atom. The Morgan fingerprint density at radius 3 is 2.17 bits per heavy atom. The monoisotopic (exact) mass is 533 g/mol. The quantitative estimate of drug-likeness (QED) is 0.380. The van der Waals surface area contributed by atoms with Crippen molar-refractivity contribution < 1.29 is 18.0 Å². The zero-order valence-corrected chi connectivity index (χ0v) is 21.8. The summed E-state index contributed by atoms with van der Waals surface area (Å²) in [6.07, 6.45) is 0. The summed E-state index contributed by atoms with van der Waals surface area (Å²) >= 11 is 12.0. The number of sulfonamides is 1. The molecule has 0 aromatic heterocycles. The minimum atomic E-state index is -3.71. The molecule has 3 aromatic rings. The Morgan fingerprint density at radius 2 is 1.51 bits per heavy atom. The van der Waals surface area contributed by atoms with Crippen LogP contribution >= 0.6 is 23.2 Å². The van der Waals surface area contributed by atoms with Crippen molar-refractivity contribution in [3.8, 4) is 0 Å². The van der Waals surface area contributed by atoms with Gasteiger partial charge in [-0.1, -0.05) is 55.2 Å². The molecule has 0 radical (unpaired) electrons. The second-order valence-corrected chi connectivity index (χ2v) is 10.4. The van der Waals surface area contributed by atoms with Crippen molar-refractivity contribution in [2.24, 2.45) is 0 Å². The summed E-state index contributed by atoms with van der Waals surface area (Å²) in [5, 5.41) is 6.00. The number of aryl methyl sites for hydroxylation is 1. The minimum Gasteiger partial charge on any atom is -0.322 e. The first-order valence-corrected chi connectivity index (χ1v) is 13.1. The standard InChI is InChI=1S/C25H25Cl2N3O4S/c1-4-30(5-2)35(33,34)23-15-18(12-10-16(23)3)28-25(32)20-8-6-7-9-22(20)29-24(31)19-13-11-17(26)14-21(19)27/h6-15H,4-5H2,1-3H3,(H,28,32)(H,29,31). The van der Waals surface area contributed by atoms with Crippen LogP contribution in [0.2, 0.25) is 10.0 Å². The molecule has 3 rings (SSSR count). The lowest BCUT2D eigenvalue weighted by Crippen LogP contribution is -2.31. The van der Waals surface area contributed by atoms with Crippen molar-refractivity contribution >= 4 is 56.4 Å². The summed E-state index contributed by atoms with van der Waals surface area (Å²) in [4.78, 5) is 26.0. The van der Waals surface area contributed by atoms with Crippen LogP contribution in [0.15, 0.2) is 65.6 Å². The van der Waals surface area contributed by atoms with E-state index in [4.69, 9.17) is 23.2 Å². The Balaban J connectivity index is 1.87. The number of carbonyl (C=O) groups is 2. The highest BCUT2D eigenvalue weighted by Crippen LogP contribution is 2.26. The van der Waals surface area contributed by atoms with Crippen molar-refractivity contribution in [1.82, 2.24) is 4.31 Å². The number of benzene rings is 3. The molecule has 0 spiro atoms. The molecule has 0 unspecified atom stereocenters. The van der Waals surface area contributed by atoms with Crippen LogP contribution in [0.25, 0.3) is 0 Å². The van der Waals surface area contributed by atoms with E-state index in [-0.39, 0.29) is 26.7 Å². The molecule has 7 nitrogen and oxygen atoms in total. The molecular weight excluding hydrogens is 509 g/mol. The smallest absolute Gasteiger partial charge is 0.257 e. The molecule has 0 fully saturated rings. The fourth-order valence-corrected chi connectivity index (χ4v) is 5.71. The van der Waals surface area contributed by atoms with E-state index >= 15 is 0 Å². The Labute approximate surface area is 215 Å². The molecule has 35 heavy (non-hydrogen) atoms. The number of anilines is 2. The normalized spacial score (nSPS) is 11.4. The van der Waals surface area contributed by atoms with Crippen molar-refractivity contribution in [3.05, 3.63) is 87.4 Å². The Hall–Kier alpha value is -2.91. The summed E-state index contributed by atoms with van der Waals surface area (Å²) in [5.74, 6) is -1.02. The molecule has 10 heteroatoms. The first-order chi connectivity index (χ1) is 16.6. The molecule has 0 aliphatic heterocycles. The maximum absolute atomic E-state index is 13.1. The highest BCUT2D eigenvalue weighted by Gasteiger charge is 2.24. The van der Waals surface area contributed by atoms with E-state index in [1.165, 1.54) is 22.5 Å². The van der Waals surface area contributed by atoms with Crippen molar-refractivity contribution in [1.29, 1.82) is 0 Å². The van der Waals surface area contributed by atoms with Gasteiger partial charge in [0.25, 0.3) is 11.8 Å². The fourth-order valence-electron chi connectivity index (χ4n) is 3.51. The van der Waals surface area contributed by atoms with Crippen LogP contribution in [0.1, 0.15) is 40.1 Å². The predicted molar refractivity (Wildman–Crippen MR) is 140 cm³/mol. The SMILES string of the molecule is CCN(CC)S(=O)(=O)c1cc(NC(=O)c2ccccc2NC(=O)c2ccc(Cl)cc2Cl)ccc1C. The molecule has 0 bridgehead atoms. The molecule has 0 saturated carbocycles. The summed E-state index contributed by atoms with van der Waals surface area (Å²) in [5.41, 5.74) is 1.55. The van der Waals surface area contributed by atoms with Crippen LogP contribution in [-0.4, -0.2) is 37.6 Å². The van der Waals surface area contributed by atoms with Crippen LogP contribution in [0, 0.1) is 6.92 Å². The van der Waals surface area contributed by atoms with E-state index in [2.05, 4.69) is 10.6 Å². The maximum Gasteiger partial charge on any atom is 0.257 e. The number of para-hydroxylation sites is 1. The van der Waals surface area contributed by atoms with E-state index in [1.807, 2.05) is 0 Å². The lowest BCUT2D eigenvalue weighted by atomic mass is 10.1. The van der Waals surface area contributed by atoms with Crippen LogP contribution in [-0.2, 0) is 10.0 Å². The van der Waals surface area contributed by atoms with Gasteiger partial charge in [-0.2, -0.15) is 4.31 Å². The third kappa shape index (κ3) is 6.02. The van der Waals surface area contributed by atoms with E-state index in [1.54, 1.807) is 63.2 Å². The van der Waals surface area contributed by atoms with Gasteiger partial charge in [-0.15, -0.1) is 0 Å². The highest BCUT2D eigenvalue weighted by atomic mass is 35.5. The van der Waals surface area contributed by atoms with E-state index in [9.17, 15) is 18.0 Å². The van der Waals surface area contributed by atoms with Gasteiger partial charge in [0, 0.05) is 23.8 Å². The third-order valence-corrected chi connectivity index (χ3v) is 8.10. The number of nitrogens with one attached hydrogen (secondary N) is 2. The van der Waals surface area contributed by atoms with E-state index in [0.717, 1.165) is 0 Å². The second-order valence-electron chi connectivity index (χ2n) is 7.65. The number of hydrogen-bond donors (Lipinski definition) is 2. The topological polar surface area (TPSA) is 95.6 Å². The van der Waals surface area contributed by atoms with Gasteiger partial charge in [-0.3, -0.25) is 9.59 Å². The van der Waals surface area contributed by atoms with Gasteiger partial charge in [-0.05, 0) is 55.0 Å². The maximum atomic E-state index is 13.1. The van der Waals surface area contributed by atoms with Gasteiger partial charge in [0.1, 0.15) is 0 Å². The molecule has 0 aliphatic rings. The molecule has 2 amide bonds. The largest absolute Gasteiger partial charge is 0.322 e. The molecule has 3 aromatic carbocycles. The third-order valence-electron chi connectivity index (χ3n) is 5.36. The number of rotatable bonds is 8. The van der Waals surface area contributed by atoms with E-state index in [0.29, 0.717) is 29.4 Å². The van der Waals surface area contributed by atoms with Crippen LogP contribution < -0.4 is 10.6 Å². The Kier molecular flexibility index (Phi) is 8.56. The second kappa shape index (κ2) is 11.2. The first kappa shape index (κ1) is 26.7. The first-order valence-electron chi connectivity index (χ1n) is 10.9. The summed E-state index contributed by atoms with van der Waals surface area (Å²) in [7, 11) is -3.71. The van der Waals surface area contributed by atoms with Gasteiger partial charge >= 0.3 is 0 Å². The van der Waals surface area contributed by atoms with Crippen LogP contribution in [0.4, 0.5) is 11.4 Å². The highest BCUT2D eigenvalue weighted by molar-refractivity contribution is 7.89. The van der Waals surface area contributed by atoms with Crippen LogP contribution in [0.5, 0.6) is 0 Å². The molecular formula is C25H25Cl2N3O4S. The molecule has 2 N–H and O–H groups in total. The molecule has 184 valence electrons. The summed E-state index contributed by atoms with van der Waals surface area (Å²) < 4.78 is 27.4. The molecule has 0 heterocycles. The average Bonchev–Trinajstić information content (AvgIpc) is 2.81. The van der Waals surface area contributed by atoms with Gasteiger partial charge in [0.15, 0.2) is 0 Å². The Bertz CT molecular complexity index is 1370. The average molecular weight is 534 g/mol. The number of hydrogen-bond acceptors (Lipinski definition) is 4. The number of halogens is 2. The minimum absolute atomic E-state index is 0.123. The lowest BCUT2D eigenvalue weighted by molar-refractivity contribution is 0.102. The number of amides is 2. The molecule has 0 aliphatic carbocycles. The van der Waals surface area contributed by atoms with Gasteiger partial charge < -0.3 is 10.6 Å². The zero-order chi connectivity index (χ0) is 25.8. The summed E-state index contributed by atoms with van der Waals surface area (Å²) in [6.45, 7) is 5.91. The van der Waals surface area contributed by atoms with Crippen molar-refractivity contribution in [2.75, 3.05) is 23.7 Å². The number of nitrogens with zero attached hydrogens (tertiary/aromatic N) is 1. The van der Waals surface area contributed by atoms with E-state index < -0.39 is 21.8 Å². The van der Waals surface area contributed by atoms with Crippen molar-refractivity contribution in [2.45, 2.75) is 25.7 Å². The fraction of sp³-hybridized carbons (Fsp3) is 0.200. The van der Waals surface area contributed by atoms with Gasteiger partial charge in [-0.25, -0.2) is 8.42 Å².